The molecule has 0 spiro atoms. The van der Waals surface area contributed by atoms with Gasteiger partial charge in [-0.1, -0.05) is 60.7 Å². The number of hydrogen-bond donors (Lipinski definition) is 0. The van der Waals surface area contributed by atoms with E-state index in [4.69, 9.17) is 9.73 Å². The highest BCUT2D eigenvalue weighted by Gasteiger charge is 2.32. The molecule has 0 radical (unpaired) electrons. The summed E-state index contributed by atoms with van der Waals surface area (Å²) in [5.74, 6) is 0.792. The van der Waals surface area contributed by atoms with Crippen LogP contribution in [0, 0.1) is 13.8 Å². The molecule has 0 unspecified atom stereocenters. The molecule has 5 heteroatoms. The molecule has 3 aromatic rings. The lowest BCUT2D eigenvalue weighted by Gasteiger charge is -2.13. The van der Waals surface area contributed by atoms with Gasteiger partial charge in [-0.15, -0.1) is 0 Å². The fraction of sp³-hybridized carbons (Fsp3) is 0.185. The van der Waals surface area contributed by atoms with E-state index >= 15 is 0 Å². The van der Waals surface area contributed by atoms with Gasteiger partial charge in [0.15, 0.2) is 5.17 Å². The fourth-order valence-electron chi connectivity index (χ4n) is 3.50. The van der Waals surface area contributed by atoms with E-state index in [1.807, 2.05) is 99.6 Å². The molecule has 3 aromatic carbocycles. The first-order chi connectivity index (χ1) is 15.5. The molecule has 1 aliphatic rings. The van der Waals surface area contributed by atoms with Crippen molar-refractivity contribution in [1.29, 1.82) is 0 Å². The van der Waals surface area contributed by atoms with Gasteiger partial charge >= 0.3 is 0 Å². The number of para-hydroxylation sites is 1. The molecule has 1 amide bonds. The van der Waals surface area contributed by atoms with Gasteiger partial charge < -0.3 is 4.74 Å². The molecule has 0 N–H and O–H groups in total. The van der Waals surface area contributed by atoms with E-state index in [9.17, 15) is 4.79 Å². The predicted molar refractivity (Wildman–Crippen MR) is 133 cm³/mol. The van der Waals surface area contributed by atoms with Gasteiger partial charge in [-0.2, -0.15) is 0 Å². The van der Waals surface area contributed by atoms with Gasteiger partial charge in [-0.25, -0.2) is 4.99 Å². The minimum absolute atomic E-state index is 0.00751. The quantitative estimate of drug-likeness (QED) is 0.409. The lowest BCUT2D eigenvalue weighted by molar-refractivity contribution is -0.122. The highest BCUT2D eigenvalue weighted by Crippen LogP contribution is 2.35. The Bertz CT molecular complexity index is 1150. The Balaban J connectivity index is 1.51. The Labute approximate surface area is 193 Å². The molecule has 4 rings (SSSR count). The lowest BCUT2D eigenvalue weighted by atomic mass is 10.1. The van der Waals surface area contributed by atoms with Crippen molar-refractivity contribution < 1.29 is 9.53 Å². The number of carbonyl (C=O) groups excluding carboxylic acids is 1. The Hall–Kier alpha value is -3.31. The average molecular weight is 443 g/mol. The smallest absolute Gasteiger partial charge is 0.266 e. The molecule has 1 saturated heterocycles. The summed E-state index contributed by atoms with van der Waals surface area (Å²) in [6, 6.07) is 24.0. The number of amidine groups is 1. The Morgan fingerprint density at radius 3 is 2.28 bits per heavy atom. The van der Waals surface area contributed by atoms with Gasteiger partial charge in [-0.05, 0) is 73.0 Å². The van der Waals surface area contributed by atoms with Crippen LogP contribution in [-0.2, 0) is 11.4 Å². The van der Waals surface area contributed by atoms with E-state index in [1.165, 1.54) is 11.8 Å². The van der Waals surface area contributed by atoms with E-state index in [-0.39, 0.29) is 5.91 Å². The van der Waals surface area contributed by atoms with Crippen molar-refractivity contribution in [3.05, 3.63) is 100.0 Å². The predicted octanol–water partition coefficient (Wildman–Crippen LogP) is 6.51. The van der Waals surface area contributed by atoms with Gasteiger partial charge in [0.2, 0.25) is 0 Å². The Morgan fingerprint density at radius 1 is 0.938 bits per heavy atom. The minimum atomic E-state index is -0.00751. The van der Waals surface area contributed by atoms with Crippen LogP contribution in [0.15, 0.2) is 82.7 Å². The van der Waals surface area contributed by atoms with E-state index in [0.717, 1.165) is 38.9 Å². The molecular weight excluding hydrogens is 416 g/mol. The van der Waals surface area contributed by atoms with Crippen LogP contribution in [0.4, 0.5) is 5.69 Å². The maximum absolute atomic E-state index is 13.0. The molecule has 0 aromatic heterocycles. The summed E-state index contributed by atoms with van der Waals surface area (Å²) in [6.45, 7) is 7.17. The van der Waals surface area contributed by atoms with Gasteiger partial charge in [0.1, 0.15) is 12.4 Å². The van der Waals surface area contributed by atoms with Gasteiger partial charge in [-0.3, -0.25) is 9.69 Å². The van der Waals surface area contributed by atoms with Crippen LogP contribution in [0.5, 0.6) is 5.75 Å². The fourth-order valence-corrected chi connectivity index (χ4v) is 4.55. The number of carbonyl (C=O) groups is 1. The summed E-state index contributed by atoms with van der Waals surface area (Å²) in [5, 5.41) is 0.726. The zero-order chi connectivity index (χ0) is 22.5. The second-order valence-corrected chi connectivity index (χ2v) is 8.65. The third-order valence-electron chi connectivity index (χ3n) is 5.28. The second kappa shape index (κ2) is 9.88. The number of hydrogen-bond acceptors (Lipinski definition) is 4. The molecule has 1 aliphatic heterocycles. The summed E-state index contributed by atoms with van der Waals surface area (Å²) in [5.41, 5.74) is 5.22. The zero-order valence-corrected chi connectivity index (χ0v) is 19.4. The molecule has 0 bridgehead atoms. The molecule has 0 saturated carbocycles. The summed E-state index contributed by atoms with van der Waals surface area (Å²) >= 11 is 1.43. The van der Waals surface area contributed by atoms with Crippen LogP contribution < -0.4 is 4.74 Å². The van der Waals surface area contributed by atoms with Crippen molar-refractivity contribution in [2.75, 3.05) is 6.54 Å². The topological polar surface area (TPSA) is 41.9 Å². The van der Waals surface area contributed by atoms with Crippen LogP contribution in [-0.4, -0.2) is 22.5 Å². The van der Waals surface area contributed by atoms with E-state index in [2.05, 4.69) is 0 Å². The second-order valence-electron chi connectivity index (χ2n) is 7.64. The van der Waals surface area contributed by atoms with Crippen LogP contribution in [0.2, 0.25) is 0 Å². The molecule has 1 fully saturated rings. The Kier molecular flexibility index (Phi) is 6.76. The first kappa shape index (κ1) is 21.9. The van der Waals surface area contributed by atoms with Gasteiger partial charge in [0, 0.05) is 6.54 Å². The number of thioether (sulfide) groups is 1. The van der Waals surface area contributed by atoms with Crippen molar-refractivity contribution in [2.45, 2.75) is 27.4 Å². The number of amides is 1. The first-order valence-electron chi connectivity index (χ1n) is 10.7. The van der Waals surface area contributed by atoms with E-state index in [0.29, 0.717) is 18.1 Å². The first-order valence-corrected chi connectivity index (χ1v) is 11.5. The third kappa shape index (κ3) is 4.94. The van der Waals surface area contributed by atoms with Crippen molar-refractivity contribution in [3.63, 3.8) is 0 Å². The minimum Gasteiger partial charge on any atom is -0.489 e. The summed E-state index contributed by atoms with van der Waals surface area (Å²) in [6.07, 6.45) is 1.92. The standard InChI is InChI=1S/C27H26N2O2S/c1-4-29-26(30)24(32-27(29)28-25-19(2)9-8-10-20(25)3)17-21-13-15-23(16-14-21)31-18-22-11-6-5-7-12-22/h5-17H,4,18H2,1-3H3/b24-17+,28-27?. The van der Waals surface area contributed by atoms with Crippen LogP contribution in [0.3, 0.4) is 0 Å². The molecule has 0 atom stereocenters. The number of rotatable bonds is 6. The maximum Gasteiger partial charge on any atom is 0.266 e. The monoisotopic (exact) mass is 442 g/mol. The molecule has 4 nitrogen and oxygen atoms in total. The Morgan fingerprint density at radius 2 is 1.62 bits per heavy atom. The SMILES string of the molecule is CCN1C(=O)/C(=C\c2ccc(OCc3ccccc3)cc2)SC1=Nc1c(C)cccc1C. The normalized spacial score (nSPS) is 16.2. The molecule has 32 heavy (non-hydrogen) atoms. The highest BCUT2D eigenvalue weighted by molar-refractivity contribution is 8.18. The summed E-state index contributed by atoms with van der Waals surface area (Å²) < 4.78 is 5.86. The zero-order valence-electron chi connectivity index (χ0n) is 18.5. The summed E-state index contributed by atoms with van der Waals surface area (Å²) in [7, 11) is 0. The largest absolute Gasteiger partial charge is 0.489 e. The van der Waals surface area contributed by atoms with Crippen molar-refractivity contribution in [1.82, 2.24) is 4.90 Å². The van der Waals surface area contributed by atoms with Crippen LogP contribution in [0.1, 0.15) is 29.2 Å². The van der Waals surface area contributed by atoms with Crippen molar-refractivity contribution in [3.8, 4) is 5.75 Å². The number of nitrogens with zero attached hydrogens (tertiary/aromatic N) is 2. The maximum atomic E-state index is 13.0. The van der Waals surface area contributed by atoms with Crippen LogP contribution >= 0.6 is 11.8 Å². The highest BCUT2D eigenvalue weighted by atomic mass is 32.2. The van der Waals surface area contributed by atoms with E-state index in [1.54, 1.807) is 4.90 Å². The molecule has 162 valence electrons. The number of aliphatic imine (C=N–C) groups is 1. The lowest BCUT2D eigenvalue weighted by Crippen LogP contribution is -2.28. The number of likely N-dealkylation sites (N-methyl/N-ethyl adjacent to an activating group) is 1. The number of aryl methyl sites for hydroxylation is 2. The summed E-state index contributed by atoms with van der Waals surface area (Å²) in [4.78, 5) is 20.2. The molecule has 1 heterocycles. The van der Waals surface area contributed by atoms with E-state index < -0.39 is 0 Å². The molecule has 0 aliphatic carbocycles. The van der Waals surface area contributed by atoms with Crippen molar-refractivity contribution in [2.24, 2.45) is 4.99 Å². The van der Waals surface area contributed by atoms with Gasteiger partial charge in [0.25, 0.3) is 5.91 Å². The van der Waals surface area contributed by atoms with Crippen molar-refractivity contribution >= 4 is 34.6 Å². The molecular formula is C27H26N2O2S. The van der Waals surface area contributed by atoms with Crippen LogP contribution in [0.25, 0.3) is 6.08 Å². The van der Waals surface area contributed by atoms with Gasteiger partial charge in [0.05, 0.1) is 10.6 Å². The third-order valence-corrected chi connectivity index (χ3v) is 6.28. The number of benzene rings is 3. The number of ether oxygens (including phenoxy) is 1. The average Bonchev–Trinajstić information content (AvgIpc) is 3.10.